The third-order valence-corrected chi connectivity index (χ3v) is 12.8. The van der Waals surface area contributed by atoms with Crippen molar-refractivity contribution in [1.82, 2.24) is 19.1 Å². The largest absolute Gasteiger partial charge is 0.454 e. The van der Waals surface area contributed by atoms with Crippen LogP contribution in [0.4, 0.5) is 0 Å². The highest BCUT2D eigenvalue weighted by atomic mass is 16.3. The van der Waals surface area contributed by atoms with Crippen LogP contribution in [0.25, 0.3) is 122 Å². The highest BCUT2D eigenvalue weighted by Crippen LogP contribution is 2.48. The molecule has 0 atom stereocenters. The fraction of sp³-hybridized carbons (Fsp3) is 0. The van der Waals surface area contributed by atoms with Crippen molar-refractivity contribution in [2.75, 3.05) is 0 Å². The van der Waals surface area contributed by atoms with Gasteiger partial charge in [0.1, 0.15) is 17.2 Å². The molecule has 0 aliphatic carbocycles. The first-order chi connectivity index (χ1) is 32.2. The quantitative estimate of drug-likeness (QED) is 0.167. The highest BCUT2D eigenvalue weighted by molar-refractivity contribution is 6.29. The Labute approximate surface area is 373 Å². The lowest BCUT2D eigenvalue weighted by Crippen LogP contribution is -2.02. The topological polar surface area (TPSA) is 72.6 Å². The minimum atomic E-state index is 0.425. The van der Waals surface area contributed by atoms with Gasteiger partial charge in [0.25, 0.3) is 0 Å². The average molecular weight is 830 g/mol. The molecule has 0 N–H and O–H groups in total. The van der Waals surface area contributed by atoms with Crippen molar-refractivity contribution in [3.05, 3.63) is 218 Å². The van der Waals surface area contributed by atoms with Crippen LogP contribution in [-0.2, 0) is 0 Å². The first-order valence-corrected chi connectivity index (χ1v) is 21.7. The summed E-state index contributed by atoms with van der Waals surface area (Å²) in [5, 5.41) is 17.2. The van der Waals surface area contributed by atoms with Crippen LogP contribution >= 0.6 is 0 Å². The molecule has 6 nitrogen and oxygen atoms in total. The SMILES string of the molecule is N#Cc1c(-c2ccccc2)nc(-c2ccc(-n3c4ccccc4c4c3c(-c3ccccc3)cc3c5ccccc5n(-c5ccccc5)c34)c3oc4ccccc4c23)nc1-c1ccccc1. The molecule has 0 amide bonds. The summed E-state index contributed by atoms with van der Waals surface area (Å²) in [5.74, 6) is 0.506. The zero-order chi connectivity index (χ0) is 43.0. The second kappa shape index (κ2) is 14.5. The lowest BCUT2D eigenvalue weighted by molar-refractivity contribution is 0.666. The maximum atomic E-state index is 10.7. The van der Waals surface area contributed by atoms with Crippen LogP contribution in [0.2, 0.25) is 0 Å². The molecular formula is C59H35N5O. The number of furan rings is 1. The van der Waals surface area contributed by atoms with Gasteiger partial charge in [-0.25, -0.2) is 9.97 Å². The average Bonchev–Trinajstić information content (AvgIpc) is 4.05. The Kier molecular flexibility index (Phi) is 8.17. The number of para-hydroxylation sites is 4. The molecule has 9 aromatic carbocycles. The maximum absolute atomic E-state index is 10.7. The van der Waals surface area contributed by atoms with E-state index in [1.165, 1.54) is 10.8 Å². The summed E-state index contributed by atoms with van der Waals surface area (Å²) < 4.78 is 11.9. The number of hydrogen-bond donors (Lipinski definition) is 0. The number of hydrogen-bond acceptors (Lipinski definition) is 4. The molecule has 6 heteroatoms. The summed E-state index contributed by atoms with van der Waals surface area (Å²) in [6.45, 7) is 0. The minimum Gasteiger partial charge on any atom is -0.454 e. The molecule has 4 heterocycles. The van der Waals surface area contributed by atoms with Gasteiger partial charge in [0.15, 0.2) is 11.4 Å². The smallest absolute Gasteiger partial charge is 0.161 e. The monoisotopic (exact) mass is 829 g/mol. The van der Waals surface area contributed by atoms with Crippen molar-refractivity contribution in [2.24, 2.45) is 0 Å². The van der Waals surface area contributed by atoms with E-state index in [1.54, 1.807) is 0 Å². The van der Waals surface area contributed by atoms with Crippen LogP contribution in [0.5, 0.6) is 0 Å². The van der Waals surface area contributed by atoms with E-state index in [1.807, 2.05) is 78.9 Å². The molecule has 13 rings (SSSR count). The van der Waals surface area contributed by atoms with E-state index in [0.717, 1.165) is 88.4 Å². The molecule has 0 fully saturated rings. The standard InChI is InChI=1S/C59H35N5O/c60-36-47-54(38-21-7-2-8-22-38)61-59(62-55(47)39-23-9-3-10-24-39)44-33-34-50(58-52(44)43-29-15-18-32-51(43)65-58)64-49-31-17-14-28-42(49)53-56(64)45(37-19-5-1-6-20-37)35-46-41-27-13-16-30-48(41)63(57(46)53)40-25-11-4-12-26-40/h1-35H. The van der Waals surface area contributed by atoms with Gasteiger partial charge in [0.05, 0.1) is 39.1 Å². The number of nitriles is 1. The van der Waals surface area contributed by atoms with E-state index in [9.17, 15) is 5.26 Å². The van der Waals surface area contributed by atoms with Crippen molar-refractivity contribution < 1.29 is 4.42 Å². The van der Waals surface area contributed by atoms with E-state index in [0.29, 0.717) is 28.4 Å². The Morgan fingerprint density at radius 1 is 0.431 bits per heavy atom. The molecule has 302 valence electrons. The van der Waals surface area contributed by atoms with Crippen molar-refractivity contribution in [1.29, 1.82) is 5.26 Å². The molecule has 65 heavy (non-hydrogen) atoms. The summed E-state index contributed by atoms with van der Waals surface area (Å²) >= 11 is 0. The summed E-state index contributed by atoms with van der Waals surface area (Å²) in [5.41, 5.74) is 14.2. The molecule has 0 aliphatic rings. The molecule has 0 saturated heterocycles. The first kappa shape index (κ1) is 36.6. The van der Waals surface area contributed by atoms with Crippen LogP contribution < -0.4 is 0 Å². The maximum Gasteiger partial charge on any atom is 0.161 e. The Bertz CT molecular complexity index is 3990. The number of benzene rings is 9. The number of rotatable bonds is 6. The van der Waals surface area contributed by atoms with Gasteiger partial charge in [-0.3, -0.25) is 0 Å². The normalized spacial score (nSPS) is 11.7. The lowest BCUT2D eigenvalue weighted by Gasteiger charge is -2.16. The van der Waals surface area contributed by atoms with Gasteiger partial charge in [-0.05, 0) is 54.1 Å². The van der Waals surface area contributed by atoms with Crippen molar-refractivity contribution in [3.8, 4) is 62.5 Å². The van der Waals surface area contributed by atoms with E-state index < -0.39 is 0 Å². The lowest BCUT2D eigenvalue weighted by atomic mass is 9.98. The van der Waals surface area contributed by atoms with E-state index in [2.05, 4.69) is 149 Å². The van der Waals surface area contributed by atoms with Gasteiger partial charge in [-0.15, -0.1) is 0 Å². The fourth-order valence-electron chi connectivity index (χ4n) is 10.0. The van der Waals surface area contributed by atoms with Crippen LogP contribution in [0.3, 0.4) is 0 Å². The molecule has 0 aliphatic heterocycles. The number of nitrogens with zero attached hydrogens (tertiary/aromatic N) is 5. The van der Waals surface area contributed by atoms with Gasteiger partial charge < -0.3 is 13.6 Å². The molecule has 0 radical (unpaired) electrons. The van der Waals surface area contributed by atoms with E-state index >= 15 is 0 Å². The van der Waals surface area contributed by atoms with Gasteiger partial charge in [-0.2, -0.15) is 5.26 Å². The van der Waals surface area contributed by atoms with E-state index in [-0.39, 0.29) is 0 Å². The fourth-order valence-corrected chi connectivity index (χ4v) is 10.0. The number of aromatic nitrogens is 4. The van der Waals surface area contributed by atoms with Gasteiger partial charge >= 0.3 is 0 Å². The second-order valence-electron chi connectivity index (χ2n) is 16.3. The zero-order valence-corrected chi connectivity index (χ0v) is 34.9. The predicted octanol–water partition coefficient (Wildman–Crippen LogP) is 15.1. The Morgan fingerprint density at radius 2 is 0.969 bits per heavy atom. The molecular weight excluding hydrogens is 795 g/mol. The summed E-state index contributed by atoms with van der Waals surface area (Å²) in [4.78, 5) is 10.5. The summed E-state index contributed by atoms with van der Waals surface area (Å²) in [6, 6.07) is 76.0. The van der Waals surface area contributed by atoms with Crippen LogP contribution in [-0.4, -0.2) is 19.1 Å². The van der Waals surface area contributed by atoms with Crippen molar-refractivity contribution >= 4 is 65.6 Å². The summed E-state index contributed by atoms with van der Waals surface area (Å²) in [6.07, 6.45) is 0. The molecule has 0 bridgehead atoms. The Balaban J connectivity index is 1.19. The third kappa shape index (κ3) is 5.53. The summed E-state index contributed by atoms with van der Waals surface area (Å²) in [7, 11) is 0. The van der Waals surface area contributed by atoms with Crippen molar-refractivity contribution in [2.45, 2.75) is 0 Å². The van der Waals surface area contributed by atoms with E-state index in [4.69, 9.17) is 14.4 Å². The molecule has 13 aromatic rings. The zero-order valence-electron chi connectivity index (χ0n) is 34.9. The van der Waals surface area contributed by atoms with Crippen LogP contribution in [0, 0.1) is 11.3 Å². The molecule has 4 aromatic heterocycles. The predicted molar refractivity (Wildman–Crippen MR) is 264 cm³/mol. The van der Waals surface area contributed by atoms with Crippen LogP contribution in [0.15, 0.2) is 217 Å². The second-order valence-corrected chi connectivity index (χ2v) is 16.3. The first-order valence-electron chi connectivity index (χ1n) is 21.7. The highest BCUT2D eigenvalue weighted by Gasteiger charge is 2.28. The Hall–Kier alpha value is -9.05. The van der Waals surface area contributed by atoms with Gasteiger partial charge in [0, 0.05) is 60.3 Å². The van der Waals surface area contributed by atoms with Gasteiger partial charge in [0.2, 0.25) is 0 Å². The minimum absolute atomic E-state index is 0.425. The van der Waals surface area contributed by atoms with Crippen molar-refractivity contribution in [3.63, 3.8) is 0 Å². The molecule has 0 spiro atoms. The number of fused-ring (bicyclic) bond motifs is 10. The van der Waals surface area contributed by atoms with Crippen LogP contribution in [0.1, 0.15) is 5.56 Å². The molecule has 0 unspecified atom stereocenters. The Morgan fingerprint density at radius 3 is 1.62 bits per heavy atom. The van der Waals surface area contributed by atoms with Gasteiger partial charge in [-0.1, -0.05) is 164 Å². The third-order valence-electron chi connectivity index (χ3n) is 12.8. The molecule has 0 saturated carbocycles.